The van der Waals surface area contributed by atoms with Crippen molar-refractivity contribution >= 4 is 11.9 Å². The van der Waals surface area contributed by atoms with Crippen molar-refractivity contribution in [3.05, 3.63) is 24.7 Å². The number of aliphatic hydroxyl groups excluding tert-OH is 1. The van der Waals surface area contributed by atoms with Crippen LogP contribution in [0.25, 0.3) is 0 Å². The van der Waals surface area contributed by atoms with Gasteiger partial charge in [-0.3, -0.25) is 4.79 Å². The standard InChI is InChI=1S/C52H98O5/c1-3-5-7-9-11-13-15-17-19-21-23-25-27-29-31-33-35-37-39-41-43-45-47-56-51(54)49-50(53)52(55)57-48-46-44-42-40-38-36-34-32-30-28-26-24-22-20-18-16-14-12-10-8-6-4-2/h45-48,50,53H,3-44,49H2,1-2H3/b47-45+,48-46+. The van der Waals surface area contributed by atoms with Crippen LogP contribution in [0.15, 0.2) is 24.7 Å². The minimum atomic E-state index is -1.51. The molecule has 0 fully saturated rings. The largest absolute Gasteiger partial charge is 0.435 e. The van der Waals surface area contributed by atoms with Gasteiger partial charge in [0.2, 0.25) is 0 Å². The first-order chi connectivity index (χ1) is 28.1. The molecule has 336 valence electrons. The van der Waals surface area contributed by atoms with Crippen LogP contribution in [-0.2, 0) is 19.1 Å². The Balaban J connectivity index is 3.43. The summed E-state index contributed by atoms with van der Waals surface area (Å²) in [5.74, 6) is -1.45. The molecule has 0 spiro atoms. The lowest BCUT2D eigenvalue weighted by Crippen LogP contribution is -2.25. The molecule has 0 aliphatic carbocycles. The molecule has 5 heteroatoms. The maximum absolute atomic E-state index is 12.0. The van der Waals surface area contributed by atoms with Gasteiger partial charge in [0.25, 0.3) is 0 Å². The SMILES string of the molecule is CCCCCCCCCCCCCCCCCCCCCC/C=C/OC(=O)CC(O)C(=O)O/C=C/CCCCCCCCCCCCCCCCCCCCCC. The number of ether oxygens (including phenoxy) is 2. The van der Waals surface area contributed by atoms with Gasteiger partial charge in [-0.15, -0.1) is 0 Å². The quantitative estimate of drug-likeness (QED) is 0.0377. The van der Waals surface area contributed by atoms with Crippen LogP contribution >= 0.6 is 0 Å². The maximum Gasteiger partial charge on any atom is 0.340 e. The second-order valence-electron chi connectivity index (χ2n) is 17.4. The predicted molar refractivity (Wildman–Crippen MR) is 246 cm³/mol. The van der Waals surface area contributed by atoms with Gasteiger partial charge in [-0.2, -0.15) is 0 Å². The van der Waals surface area contributed by atoms with Crippen molar-refractivity contribution in [2.45, 2.75) is 296 Å². The van der Waals surface area contributed by atoms with E-state index in [-0.39, 0.29) is 0 Å². The van der Waals surface area contributed by atoms with Crippen LogP contribution in [-0.4, -0.2) is 23.1 Å². The van der Waals surface area contributed by atoms with Crippen LogP contribution in [0, 0.1) is 0 Å². The number of allylic oxidation sites excluding steroid dienone is 2. The molecule has 0 aromatic carbocycles. The number of esters is 2. The van der Waals surface area contributed by atoms with Crippen LogP contribution in [0.3, 0.4) is 0 Å². The molecule has 0 aromatic rings. The van der Waals surface area contributed by atoms with Gasteiger partial charge in [0, 0.05) is 0 Å². The first kappa shape index (κ1) is 55.4. The van der Waals surface area contributed by atoms with E-state index < -0.39 is 24.5 Å². The number of rotatable bonds is 47. The van der Waals surface area contributed by atoms with Crippen LogP contribution in [0.4, 0.5) is 0 Å². The van der Waals surface area contributed by atoms with Crippen LogP contribution in [0.2, 0.25) is 0 Å². The molecule has 0 saturated carbocycles. The lowest BCUT2D eigenvalue weighted by Gasteiger charge is -2.06. The molecular formula is C52H98O5. The fourth-order valence-electron chi connectivity index (χ4n) is 7.78. The van der Waals surface area contributed by atoms with Gasteiger partial charge in [0.1, 0.15) is 0 Å². The van der Waals surface area contributed by atoms with Crippen molar-refractivity contribution in [3.63, 3.8) is 0 Å². The third-order valence-corrected chi connectivity index (χ3v) is 11.7. The van der Waals surface area contributed by atoms with E-state index in [1.165, 1.54) is 257 Å². The predicted octanol–water partition coefficient (Wildman–Crippen LogP) is 17.3. The lowest BCUT2D eigenvalue weighted by atomic mass is 10.0. The van der Waals surface area contributed by atoms with E-state index in [1.54, 1.807) is 0 Å². The number of hydrogen-bond acceptors (Lipinski definition) is 5. The molecule has 0 radical (unpaired) electrons. The van der Waals surface area contributed by atoms with E-state index in [9.17, 15) is 14.7 Å². The van der Waals surface area contributed by atoms with Crippen molar-refractivity contribution in [2.24, 2.45) is 0 Å². The number of aliphatic hydroxyl groups is 1. The molecular weight excluding hydrogens is 705 g/mol. The summed E-state index contributed by atoms with van der Waals surface area (Å²) in [5, 5.41) is 10.0. The Morgan fingerprint density at radius 1 is 0.368 bits per heavy atom. The summed E-state index contributed by atoms with van der Waals surface area (Å²) in [4.78, 5) is 24.0. The second-order valence-corrected chi connectivity index (χ2v) is 17.4. The fraction of sp³-hybridized carbons (Fsp3) is 0.885. The van der Waals surface area contributed by atoms with E-state index in [0.717, 1.165) is 25.7 Å². The van der Waals surface area contributed by atoms with Crippen LogP contribution in [0.1, 0.15) is 290 Å². The first-order valence-electron chi connectivity index (χ1n) is 25.5. The summed E-state index contributed by atoms with van der Waals surface area (Å²) in [6, 6.07) is 0. The monoisotopic (exact) mass is 803 g/mol. The number of unbranched alkanes of at least 4 members (excludes halogenated alkanes) is 40. The Kier molecular flexibility index (Phi) is 47.4. The zero-order valence-corrected chi connectivity index (χ0v) is 38.4. The normalized spacial score (nSPS) is 12.3. The number of carbonyl (C=O) groups is 2. The Labute approximate surface area is 355 Å². The van der Waals surface area contributed by atoms with Crippen molar-refractivity contribution in [1.29, 1.82) is 0 Å². The zero-order chi connectivity index (χ0) is 41.4. The topological polar surface area (TPSA) is 72.8 Å². The summed E-state index contributed by atoms with van der Waals surface area (Å²) < 4.78 is 10.1. The molecule has 57 heavy (non-hydrogen) atoms. The second kappa shape index (κ2) is 48.7. The van der Waals surface area contributed by atoms with Gasteiger partial charge in [0.05, 0.1) is 18.9 Å². The fourth-order valence-corrected chi connectivity index (χ4v) is 7.78. The maximum atomic E-state index is 12.0. The summed E-state index contributed by atoms with van der Waals surface area (Å²) in [7, 11) is 0. The Morgan fingerprint density at radius 3 is 0.860 bits per heavy atom. The smallest absolute Gasteiger partial charge is 0.340 e. The van der Waals surface area contributed by atoms with Gasteiger partial charge in [-0.1, -0.05) is 258 Å². The third kappa shape index (κ3) is 46.9. The molecule has 5 nitrogen and oxygen atoms in total. The third-order valence-electron chi connectivity index (χ3n) is 11.7. The average molecular weight is 803 g/mol. The highest BCUT2D eigenvalue weighted by molar-refractivity contribution is 5.82. The summed E-state index contributed by atoms with van der Waals surface area (Å²) in [5.41, 5.74) is 0. The van der Waals surface area contributed by atoms with Gasteiger partial charge in [0.15, 0.2) is 6.10 Å². The van der Waals surface area contributed by atoms with E-state index in [1.807, 2.05) is 12.2 Å². The first-order valence-corrected chi connectivity index (χ1v) is 25.5. The summed E-state index contributed by atoms with van der Waals surface area (Å²) in [6.07, 6.45) is 60.9. The average Bonchev–Trinajstić information content (AvgIpc) is 3.21. The van der Waals surface area contributed by atoms with Gasteiger partial charge in [-0.05, 0) is 37.8 Å². The van der Waals surface area contributed by atoms with Crippen LogP contribution < -0.4 is 0 Å². The lowest BCUT2D eigenvalue weighted by molar-refractivity contribution is -0.153. The van der Waals surface area contributed by atoms with E-state index in [4.69, 9.17) is 9.47 Å². The molecule has 1 N–H and O–H groups in total. The van der Waals surface area contributed by atoms with E-state index in [0.29, 0.717) is 0 Å². The van der Waals surface area contributed by atoms with E-state index in [2.05, 4.69) is 13.8 Å². The minimum absolute atomic E-state index is 0.407. The highest BCUT2D eigenvalue weighted by Crippen LogP contribution is 2.17. The molecule has 0 bridgehead atoms. The summed E-state index contributed by atoms with van der Waals surface area (Å²) in [6.45, 7) is 4.57. The van der Waals surface area contributed by atoms with Crippen molar-refractivity contribution in [1.82, 2.24) is 0 Å². The highest BCUT2D eigenvalue weighted by atomic mass is 16.5. The van der Waals surface area contributed by atoms with Crippen molar-refractivity contribution < 1.29 is 24.2 Å². The number of carbonyl (C=O) groups excluding carboxylic acids is 2. The van der Waals surface area contributed by atoms with Gasteiger partial charge in [-0.25, -0.2) is 4.79 Å². The van der Waals surface area contributed by atoms with Gasteiger partial charge < -0.3 is 14.6 Å². The molecule has 1 unspecified atom stereocenters. The van der Waals surface area contributed by atoms with Crippen molar-refractivity contribution in [3.8, 4) is 0 Å². The molecule has 0 saturated heterocycles. The molecule has 0 aromatic heterocycles. The molecule has 0 rings (SSSR count). The Morgan fingerprint density at radius 2 is 0.596 bits per heavy atom. The van der Waals surface area contributed by atoms with Gasteiger partial charge >= 0.3 is 11.9 Å². The van der Waals surface area contributed by atoms with Crippen molar-refractivity contribution in [2.75, 3.05) is 0 Å². The van der Waals surface area contributed by atoms with Crippen LogP contribution in [0.5, 0.6) is 0 Å². The molecule has 0 amide bonds. The zero-order valence-electron chi connectivity index (χ0n) is 38.4. The molecule has 0 heterocycles. The minimum Gasteiger partial charge on any atom is -0.435 e. The Hall–Kier alpha value is -1.62. The highest BCUT2D eigenvalue weighted by Gasteiger charge is 2.20. The Bertz CT molecular complexity index is 867. The molecule has 0 aliphatic heterocycles. The van der Waals surface area contributed by atoms with E-state index >= 15 is 0 Å². The summed E-state index contributed by atoms with van der Waals surface area (Å²) >= 11 is 0. The molecule has 1 atom stereocenters. The molecule has 0 aliphatic rings. The number of hydrogen-bond donors (Lipinski definition) is 1.